The van der Waals surface area contributed by atoms with Gasteiger partial charge in [-0.25, -0.2) is 9.78 Å². The van der Waals surface area contributed by atoms with E-state index >= 15 is 0 Å². The predicted octanol–water partition coefficient (Wildman–Crippen LogP) is 1.55. The van der Waals surface area contributed by atoms with E-state index in [-0.39, 0.29) is 12.0 Å². The van der Waals surface area contributed by atoms with Gasteiger partial charge < -0.3 is 9.64 Å². The van der Waals surface area contributed by atoms with Crippen molar-refractivity contribution in [3.05, 3.63) is 15.6 Å². The van der Waals surface area contributed by atoms with Gasteiger partial charge in [0.25, 0.3) is 0 Å². The van der Waals surface area contributed by atoms with E-state index in [1.807, 2.05) is 6.92 Å². The van der Waals surface area contributed by atoms with E-state index in [9.17, 15) is 4.79 Å². The molecule has 1 fully saturated rings. The second-order valence-electron chi connectivity index (χ2n) is 5.06. The van der Waals surface area contributed by atoms with Crippen LogP contribution in [0.2, 0.25) is 0 Å². The minimum Gasteiger partial charge on any atom is -0.464 e. The lowest BCUT2D eigenvalue weighted by molar-refractivity contribution is 0.0593. The van der Waals surface area contributed by atoms with Crippen LogP contribution in [0.3, 0.4) is 0 Å². The number of hydrogen-bond acceptors (Lipinski definition) is 6. The Morgan fingerprint density at radius 1 is 1.42 bits per heavy atom. The minimum atomic E-state index is -0.343. The normalized spacial score (nSPS) is 22.2. The molecule has 1 saturated heterocycles. The molecule has 5 nitrogen and oxygen atoms in total. The molecule has 1 unspecified atom stereocenters. The van der Waals surface area contributed by atoms with Crippen molar-refractivity contribution in [3.8, 4) is 0 Å². The van der Waals surface area contributed by atoms with Crippen molar-refractivity contribution in [2.75, 3.05) is 40.8 Å². The molecule has 0 aromatic carbocycles. The maximum Gasteiger partial charge on any atom is 0.357 e. The Hall–Kier alpha value is -0.980. The number of aromatic nitrogens is 1. The fourth-order valence-corrected chi connectivity index (χ4v) is 3.45. The van der Waals surface area contributed by atoms with Crippen molar-refractivity contribution in [1.82, 2.24) is 14.8 Å². The van der Waals surface area contributed by atoms with Crippen LogP contribution in [0.1, 0.15) is 32.8 Å². The number of carbonyl (C=O) groups is 1. The van der Waals surface area contributed by atoms with Gasteiger partial charge in [0.2, 0.25) is 0 Å². The first-order valence-corrected chi connectivity index (χ1v) is 7.29. The summed E-state index contributed by atoms with van der Waals surface area (Å²) in [5.41, 5.74) is 0.461. The lowest BCUT2D eigenvalue weighted by Crippen LogP contribution is -2.30. The number of likely N-dealkylation sites (N-methyl/N-ethyl adjacent to an activating group) is 2. The number of thiazole rings is 1. The second kappa shape index (κ2) is 5.98. The van der Waals surface area contributed by atoms with Gasteiger partial charge in [-0.15, -0.1) is 11.3 Å². The molecule has 6 heteroatoms. The largest absolute Gasteiger partial charge is 0.464 e. The molecule has 2 rings (SSSR count). The first kappa shape index (κ1) is 14.4. The number of aryl methyl sites for hydroxylation is 1. The zero-order valence-corrected chi connectivity index (χ0v) is 12.8. The van der Waals surface area contributed by atoms with E-state index in [0.29, 0.717) is 5.69 Å². The van der Waals surface area contributed by atoms with Crippen LogP contribution in [0.25, 0.3) is 0 Å². The summed E-state index contributed by atoms with van der Waals surface area (Å²) in [6, 6.07) is 0.259. The van der Waals surface area contributed by atoms with Crippen molar-refractivity contribution in [2.24, 2.45) is 0 Å². The molecule has 2 heterocycles. The molecule has 0 radical (unpaired) electrons. The van der Waals surface area contributed by atoms with Crippen LogP contribution in [0.15, 0.2) is 0 Å². The van der Waals surface area contributed by atoms with Gasteiger partial charge >= 0.3 is 5.97 Å². The summed E-state index contributed by atoms with van der Waals surface area (Å²) in [7, 11) is 5.65. The summed E-state index contributed by atoms with van der Waals surface area (Å²) >= 11 is 1.60. The van der Waals surface area contributed by atoms with Crippen LogP contribution < -0.4 is 0 Å². The number of hydrogen-bond donors (Lipinski definition) is 0. The summed E-state index contributed by atoms with van der Waals surface area (Å²) < 4.78 is 4.77. The highest BCUT2D eigenvalue weighted by Crippen LogP contribution is 2.29. The van der Waals surface area contributed by atoms with Crippen LogP contribution in [0.5, 0.6) is 0 Å². The Balaban J connectivity index is 2.27. The molecule has 1 aliphatic heterocycles. The van der Waals surface area contributed by atoms with Crippen LogP contribution in [0, 0.1) is 6.92 Å². The summed E-state index contributed by atoms with van der Waals surface area (Å²) in [5, 5.41) is 1.01. The topological polar surface area (TPSA) is 45.7 Å². The number of carbonyl (C=O) groups excluding carboxylic acids is 1. The molecule has 0 N–H and O–H groups in total. The molecule has 0 bridgehead atoms. The van der Waals surface area contributed by atoms with Crippen LogP contribution in [0.4, 0.5) is 0 Å². The summed E-state index contributed by atoms with van der Waals surface area (Å²) in [4.78, 5) is 21.7. The summed E-state index contributed by atoms with van der Waals surface area (Å²) in [6.45, 7) is 5.04. The fraction of sp³-hybridized carbons (Fsp3) is 0.692. The standard InChI is InChI=1S/C13H21N3O2S/c1-9-11(13(17)18-4)14-12(19-9)10-8-15(2)6-5-7-16(10)3/h10H,5-8H2,1-4H3. The Kier molecular flexibility index (Phi) is 4.54. The molecular formula is C13H21N3O2S. The maximum atomic E-state index is 11.6. The van der Waals surface area contributed by atoms with Gasteiger partial charge in [0.1, 0.15) is 5.01 Å². The zero-order valence-electron chi connectivity index (χ0n) is 12.0. The van der Waals surface area contributed by atoms with E-state index in [2.05, 4.69) is 28.9 Å². The van der Waals surface area contributed by atoms with Crippen molar-refractivity contribution < 1.29 is 9.53 Å². The number of esters is 1. The van der Waals surface area contributed by atoms with Crippen molar-refractivity contribution in [2.45, 2.75) is 19.4 Å². The van der Waals surface area contributed by atoms with Crippen LogP contribution in [-0.2, 0) is 4.74 Å². The first-order valence-electron chi connectivity index (χ1n) is 6.47. The number of rotatable bonds is 2. The first-order chi connectivity index (χ1) is 9.02. The number of nitrogens with zero attached hydrogens (tertiary/aromatic N) is 3. The van der Waals surface area contributed by atoms with E-state index in [0.717, 1.165) is 35.9 Å². The SMILES string of the molecule is COC(=O)c1nc(C2CN(C)CCCN2C)sc1C. The minimum absolute atomic E-state index is 0.259. The molecular weight excluding hydrogens is 262 g/mol. The molecule has 1 aromatic rings. The molecule has 19 heavy (non-hydrogen) atoms. The van der Waals surface area contributed by atoms with Gasteiger partial charge in [0.05, 0.1) is 13.2 Å². The Morgan fingerprint density at radius 3 is 2.84 bits per heavy atom. The third-order valence-corrected chi connectivity index (χ3v) is 4.62. The third kappa shape index (κ3) is 3.13. The van der Waals surface area contributed by atoms with E-state index in [1.54, 1.807) is 11.3 Å². The quantitative estimate of drug-likeness (QED) is 0.771. The van der Waals surface area contributed by atoms with Gasteiger partial charge in [-0.05, 0) is 40.5 Å². The molecule has 0 saturated carbocycles. The van der Waals surface area contributed by atoms with Crippen molar-refractivity contribution >= 4 is 17.3 Å². The van der Waals surface area contributed by atoms with Gasteiger partial charge in [0.15, 0.2) is 5.69 Å². The molecule has 1 aliphatic rings. The lowest BCUT2D eigenvalue weighted by atomic mass is 10.2. The van der Waals surface area contributed by atoms with Crippen molar-refractivity contribution in [3.63, 3.8) is 0 Å². The zero-order chi connectivity index (χ0) is 14.0. The average Bonchev–Trinajstić information content (AvgIpc) is 2.67. The fourth-order valence-electron chi connectivity index (χ4n) is 2.38. The number of methoxy groups -OCH3 is 1. The van der Waals surface area contributed by atoms with Crippen molar-refractivity contribution in [1.29, 1.82) is 0 Å². The average molecular weight is 283 g/mol. The van der Waals surface area contributed by atoms with E-state index < -0.39 is 0 Å². The molecule has 0 spiro atoms. The summed E-state index contributed by atoms with van der Waals surface area (Å²) in [6.07, 6.45) is 1.16. The Bertz CT molecular complexity index is 461. The van der Waals surface area contributed by atoms with E-state index in [4.69, 9.17) is 4.74 Å². The Morgan fingerprint density at radius 2 is 2.16 bits per heavy atom. The highest BCUT2D eigenvalue weighted by molar-refractivity contribution is 7.12. The Labute approximate surface area is 118 Å². The highest BCUT2D eigenvalue weighted by Gasteiger charge is 2.27. The van der Waals surface area contributed by atoms with Gasteiger partial charge in [-0.3, -0.25) is 4.90 Å². The molecule has 1 aromatic heterocycles. The molecule has 106 valence electrons. The number of ether oxygens (including phenoxy) is 1. The van der Waals surface area contributed by atoms with Gasteiger partial charge in [0, 0.05) is 11.4 Å². The third-order valence-electron chi connectivity index (χ3n) is 3.54. The highest BCUT2D eigenvalue weighted by atomic mass is 32.1. The monoisotopic (exact) mass is 283 g/mol. The van der Waals surface area contributed by atoms with Gasteiger partial charge in [-0.2, -0.15) is 0 Å². The second-order valence-corrected chi connectivity index (χ2v) is 6.30. The van der Waals surface area contributed by atoms with Crippen LogP contribution >= 0.6 is 11.3 Å². The van der Waals surface area contributed by atoms with E-state index in [1.165, 1.54) is 7.11 Å². The molecule has 0 aliphatic carbocycles. The summed E-state index contributed by atoms with van der Waals surface area (Å²) in [5.74, 6) is -0.343. The lowest BCUT2D eigenvalue weighted by Gasteiger charge is -2.25. The van der Waals surface area contributed by atoms with Gasteiger partial charge in [-0.1, -0.05) is 0 Å². The molecule has 0 amide bonds. The maximum absolute atomic E-state index is 11.6. The van der Waals surface area contributed by atoms with Crippen LogP contribution in [-0.4, -0.2) is 61.6 Å². The molecule has 1 atom stereocenters. The smallest absolute Gasteiger partial charge is 0.357 e. The predicted molar refractivity (Wildman–Crippen MR) is 75.7 cm³/mol.